The van der Waals surface area contributed by atoms with Crippen molar-refractivity contribution >= 4 is 6.16 Å². The van der Waals surface area contributed by atoms with Gasteiger partial charge in [-0.3, -0.25) is 0 Å². The van der Waals surface area contributed by atoms with Crippen LogP contribution in [0.1, 0.15) is 51.7 Å². The minimum absolute atomic E-state index is 0.206. The van der Waals surface area contributed by atoms with E-state index in [1.165, 1.54) is 11.1 Å². The Kier molecular flexibility index (Phi) is 6.56. The molecule has 0 aromatic heterocycles. The number of carbonyl (C=O) groups is 1. The molecule has 0 saturated heterocycles. The van der Waals surface area contributed by atoms with Gasteiger partial charge >= 0.3 is 6.16 Å². The van der Waals surface area contributed by atoms with Gasteiger partial charge in [0.25, 0.3) is 0 Å². The maximum absolute atomic E-state index is 11.0. The Morgan fingerprint density at radius 3 is 2.60 bits per heavy atom. The van der Waals surface area contributed by atoms with E-state index in [9.17, 15) is 4.79 Å². The second-order valence-corrected chi connectivity index (χ2v) is 5.57. The van der Waals surface area contributed by atoms with Gasteiger partial charge < -0.3 is 9.47 Å². The number of carbonyl (C=O) groups excluding carboxylic acids is 1. The SMILES string of the molecule is CCOC(=O)OCCCc1cccc(C(C)(C)CC)c1. The van der Waals surface area contributed by atoms with Crippen LogP contribution in [0.25, 0.3) is 0 Å². The molecular formula is C17H26O3. The summed E-state index contributed by atoms with van der Waals surface area (Å²) in [6.45, 7) is 9.25. The van der Waals surface area contributed by atoms with Gasteiger partial charge in [0.15, 0.2) is 0 Å². The Morgan fingerprint density at radius 1 is 1.20 bits per heavy atom. The van der Waals surface area contributed by atoms with Gasteiger partial charge in [0.1, 0.15) is 0 Å². The fraction of sp³-hybridized carbons (Fsp3) is 0.588. The number of rotatable bonds is 7. The summed E-state index contributed by atoms with van der Waals surface area (Å²) >= 11 is 0. The Bertz CT molecular complexity index is 424. The minimum Gasteiger partial charge on any atom is -0.435 e. The summed E-state index contributed by atoms with van der Waals surface area (Å²) in [6.07, 6.45) is 2.26. The van der Waals surface area contributed by atoms with E-state index in [1.54, 1.807) is 6.92 Å². The van der Waals surface area contributed by atoms with Gasteiger partial charge in [0, 0.05) is 0 Å². The molecule has 0 radical (unpaired) electrons. The summed E-state index contributed by atoms with van der Waals surface area (Å²) in [5.74, 6) is 0. The maximum atomic E-state index is 11.0. The van der Waals surface area contributed by atoms with E-state index in [0.717, 1.165) is 19.3 Å². The molecule has 0 heterocycles. The fourth-order valence-corrected chi connectivity index (χ4v) is 1.94. The quantitative estimate of drug-likeness (QED) is 0.545. The Balaban J connectivity index is 2.45. The highest BCUT2D eigenvalue weighted by atomic mass is 16.7. The van der Waals surface area contributed by atoms with E-state index in [0.29, 0.717) is 13.2 Å². The highest BCUT2D eigenvalue weighted by molar-refractivity contribution is 5.59. The lowest BCUT2D eigenvalue weighted by molar-refractivity contribution is 0.0584. The van der Waals surface area contributed by atoms with Gasteiger partial charge in [-0.15, -0.1) is 0 Å². The molecule has 0 amide bonds. The molecule has 3 heteroatoms. The molecule has 0 N–H and O–H groups in total. The minimum atomic E-state index is -0.576. The second kappa shape index (κ2) is 7.93. The highest BCUT2D eigenvalue weighted by Crippen LogP contribution is 2.27. The van der Waals surface area contributed by atoms with Crippen molar-refractivity contribution in [3.63, 3.8) is 0 Å². The van der Waals surface area contributed by atoms with Crippen molar-refractivity contribution in [1.82, 2.24) is 0 Å². The third-order valence-corrected chi connectivity index (χ3v) is 3.68. The number of hydrogen-bond donors (Lipinski definition) is 0. The van der Waals surface area contributed by atoms with E-state index >= 15 is 0 Å². The maximum Gasteiger partial charge on any atom is 0.508 e. The molecular weight excluding hydrogens is 252 g/mol. The third kappa shape index (κ3) is 5.24. The van der Waals surface area contributed by atoms with Crippen LogP contribution in [-0.2, 0) is 21.3 Å². The smallest absolute Gasteiger partial charge is 0.435 e. The van der Waals surface area contributed by atoms with Crippen LogP contribution in [0, 0.1) is 0 Å². The largest absolute Gasteiger partial charge is 0.508 e. The van der Waals surface area contributed by atoms with Crippen LogP contribution < -0.4 is 0 Å². The Labute approximate surface area is 122 Å². The molecule has 20 heavy (non-hydrogen) atoms. The standard InChI is InChI=1S/C17H26O3/c1-5-17(3,4)15-11-7-9-14(13-15)10-8-12-20-16(18)19-6-2/h7,9,11,13H,5-6,8,10,12H2,1-4H3. The first kappa shape index (κ1) is 16.5. The predicted octanol–water partition coefficient (Wildman–Crippen LogP) is 4.48. The van der Waals surface area contributed by atoms with Crippen molar-refractivity contribution < 1.29 is 14.3 Å². The normalized spacial score (nSPS) is 11.2. The third-order valence-electron chi connectivity index (χ3n) is 3.68. The first-order chi connectivity index (χ1) is 9.49. The highest BCUT2D eigenvalue weighted by Gasteiger charge is 2.17. The number of ether oxygens (including phenoxy) is 2. The van der Waals surface area contributed by atoms with E-state index in [1.807, 2.05) is 0 Å². The van der Waals surface area contributed by atoms with Crippen molar-refractivity contribution in [1.29, 1.82) is 0 Å². The number of hydrogen-bond acceptors (Lipinski definition) is 3. The number of aryl methyl sites for hydroxylation is 1. The summed E-state index contributed by atoms with van der Waals surface area (Å²) < 4.78 is 9.67. The van der Waals surface area contributed by atoms with Crippen LogP contribution in [0.15, 0.2) is 24.3 Å². The second-order valence-electron chi connectivity index (χ2n) is 5.57. The van der Waals surface area contributed by atoms with Gasteiger partial charge in [0.2, 0.25) is 0 Å². The Morgan fingerprint density at radius 2 is 1.95 bits per heavy atom. The first-order valence-corrected chi connectivity index (χ1v) is 7.38. The predicted molar refractivity (Wildman–Crippen MR) is 81.1 cm³/mol. The van der Waals surface area contributed by atoms with Gasteiger partial charge in [-0.2, -0.15) is 0 Å². The molecule has 0 unspecified atom stereocenters. The van der Waals surface area contributed by atoms with Crippen LogP contribution in [-0.4, -0.2) is 19.4 Å². The number of benzene rings is 1. The van der Waals surface area contributed by atoms with Gasteiger partial charge in [0.05, 0.1) is 13.2 Å². The molecule has 3 nitrogen and oxygen atoms in total. The molecule has 0 saturated carbocycles. The summed E-state index contributed by atoms with van der Waals surface area (Å²) in [4.78, 5) is 11.0. The van der Waals surface area contributed by atoms with Crippen LogP contribution >= 0.6 is 0 Å². The molecule has 1 aromatic rings. The van der Waals surface area contributed by atoms with E-state index < -0.39 is 6.16 Å². The van der Waals surface area contributed by atoms with Crippen molar-refractivity contribution in [2.75, 3.05) is 13.2 Å². The lowest BCUT2D eigenvalue weighted by Crippen LogP contribution is -2.15. The van der Waals surface area contributed by atoms with Crippen LogP contribution in [0.4, 0.5) is 4.79 Å². The Hall–Kier alpha value is -1.51. The van der Waals surface area contributed by atoms with Crippen LogP contribution in [0.2, 0.25) is 0 Å². The van der Waals surface area contributed by atoms with Crippen LogP contribution in [0.5, 0.6) is 0 Å². The summed E-state index contributed by atoms with van der Waals surface area (Å²) in [5, 5.41) is 0. The molecule has 0 fully saturated rings. The molecule has 0 aliphatic heterocycles. The van der Waals surface area contributed by atoms with E-state index in [-0.39, 0.29) is 5.41 Å². The molecule has 112 valence electrons. The van der Waals surface area contributed by atoms with Crippen molar-refractivity contribution in [2.45, 2.75) is 52.4 Å². The molecule has 0 spiro atoms. The topological polar surface area (TPSA) is 35.5 Å². The zero-order chi connectivity index (χ0) is 15.0. The monoisotopic (exact) mass is 278 g/mol. The van der Waals surface area contributed by atoms with Crippen molar-refractivity contribution in [2.24, 2.45) is 0 Å². The average molecular weight is 278 g/mol. The zero-order valence-electron chi connectivity index (χ0n) is 13.1. The molecule has 0 bridgehead atoms. The lowest BCUT2D eigenvalue weighted by Gasteiger charge is -2.23. The molecule has 0 aliphatic rings. The summed E-state index contributed by atoms with van der Waals surface area (Å²) in [6, 6.07) is 8.67. The summed E-state index contributed by atoms with van der Waals surface area (Å²) in [5.41, 5.74) is 2.86. The van der Waals surface area contributed by atoms with E-state index in [4.69, 9.17) is 9.47 Å². The molecule has 0 atom stereocenters. The lowest BCUT2D eigenvalue weighted by atomic mass is 9.81. The van der Waals surface area contributed by atoms with Crippen molar-refractivity contribution in [3.8, 4) is 0 Å². The zero-order valence-corrected chi connectivity index (χ0v) is 13.1. The van der Waals surface area contributed by atoms with Gasteiger partial charge in [-0.25, -0.2) is 4.79 Å². The van der Waals surface area contributed by atoms with Gasteiger partial charge in [-0.05, 0) is 42.7 Å². The average Bonchev–Trinajstić information content (AvgIpc) is 2.44. The fourth-order valence-electron chi connectivity index (χ4n) is 1.94. The van der Waals surface area contributed by atoms with Crippen molar-refractivity contribution in [3.05, 3.63) is 35.4 Å². The first-order valence-electron chi connectivity index (χ1n) is 7.38. The summed E-state index contributed by atoms with van der Waals surface area (Å²) in [7, 11) is 0. The van der Waals surface area contributed by atoms with Crippen LogP contribution in [0.3, 0.4) is 0 Å². The van der Waals surface area contributed by atoms with E-state index in [2.05, 4.69) is 45.0 Å². The molecule has 1 rings (SSSR count). The molecule has 0 aliphatic carbocycles. The molecule has 1 aromatic carbocycles. The van der Waals surface area contributed by atoms with Gasteiger partial charge in [-0.1, -0.05) is 45.0 Å².